The minimum Gasteiger partial charge on any atom is -0.390 e. The van der Waals surface area contributed by atoms with Gasteiger partial charge in [0.1, 0.15) is 17.4 Å². The van der Waals surface area contributed by atoms with Crippen LogP contribution in [0, 0.1) is 5.92 Å². The molecule has 0 unspecified atom stereocenters. The Morgan fingerprint density at radius 1 is 1.19 bits per heavy atom. The summed E-state index contributed by atoms with van der Waals surface area (Å²) >= 11 is 0. The lowest BCUT2D eigenvalue weighted by molar-refractivity contribution is -0.118. The summed E-state index contributed by atoms with van der Waals surface area (Å²) in [7, 11) is 0. The number of anilines is 4. The molecule has 2 saturated heterocycles. The van der Waals surface area contributed by atoms with Crippen molar-refractivity contribution in [1.82, 2.24) is 15.0 Å². The van der Waals surface area contributed by atoms with Crippen molar-refractivity contribution >= 4 is 39.8 Å². The number of ketones is 1. The molecule has 2 aliphatic heterocycles. The van der Waals surface area contributed by atoms with Crippen molar-refractivity contribution in [2.45, 2.75) is 58.2 Å². The van der Waals surface area contributed by atoms with E-state index in [1.807, 2.05) is 6.20 Å². The number of rotatable bonds is 7. The highest BCUT2D eigenvalue weighted by Gasteiger charge is 2.39. The number of Topliss-reactive ketones (excluding diaryl/α,β-unsaturated/α-hetero) is 1. The SMILES string of the molecule is CC(=O)CC1CN(c2ccc(C(C)C)c3cc(Nc4ccnc(N5CC[C@@H](O)[C@@](C)(F)C5)n4)ncc23)C1. The van der Waals surface area contributed by atoms with E-state index < -0.39 is 11.8 Å². The van der Waals surface area contributed by atoms with Crippen molar-refractivity contribution < 1.29 is 14.3 Å². The van der Waals surface area contributed by atoms with E-state index in [4.69, 9.17) is 0 Å². The van der Waals surface area contributed by atoms with Gasteiger partial charge in [0, 0.05) is 55.4 Å². The first-order valence-electron chi connectivity index (χ1n) is 13.0. The number of piperidine rings is 1. The van der Waals surface area contributed by atoms with Crippen molar-refractivity contribution in [2.75, 3.05) is 41.3 Å². The number of alkyl halides is 1. The predicted molar refractivity (Wildman–Crippen MR) is 144 cm³/mol. The van der Waals surface area contributed by atoms with Crippen LogP contribution in [-0.2, 0) is 4.79 Å². The molecule has 9 heteroatoms. The predicted octanol–water partition coefficient (Wildman–Crippen LogP) is 4.61. The maximum atomic E-state index is 14.7. The molecule has 0 saturated carbocycles. The number of benzene rings is 1. The van der Waals surface area contributed by atoms with Gasteiger partial charge in [-0.3, -0.25) is 0 Å². The summed E-state index contributed by atoms with van der Waals surface area (Å²) in [6.07, 6.45) is 3.52. The average Bonchev–Trinajstić information content (AvgIpc) is 2.82. The molecule has 0 amide bonds. The third-order valence-electron chi connectivity index (χ3n) is 7.46. The molecule has 0 spiro atoms. The van der Waals surface area contributed by atoms with Crippen LogP contribution in [0.5, 0.6) is 0 Å². The Hall–Kier alpha value is -3.33. The van der Waals surface area contributed by atoms with E-state index in [9.17, 15) is 14.3 Å². The summed E-state index contributed by atoms with van der Waals surface area (Å²) < 4.78 is 14.7. The first-order valence-corrected chi connectivity index (χ1v) is 13.0. The number of fused-ring (bicyclic) bond motifs is 1. The summed E-state index contributed by atoms with van der Waals surface area (Å²) in [5.41, 5.74) is 0.671. The fraction of sp³-hybridized carbons (Fsp3) is 0.500. The van der Waals surface area contributed by atoms with Crippen LogP contribution in [0.2, 0.25) is 0 Å². The number of carbonyl (C=O) groups is 1. The molecule has 0 aliphatic carbocycles. The molecular formula is C28H35FN6O2. The van der Waals surface area contributed by atoms with Crippen LogP contribution in [0.1, 0.15) is 52.0 Å². The lowest BCUT2D eigenvalue weighted by Gasteiger charge is -2.41. The Balaban J connectivity index is 1.39. The molecule has 8 nitrogen and oxygen atoms in total. The number of pyridine rings is 1. The molecule has 2 aromatic heterocycles. The first kappa shape index (κ1) is 25.3. The lowest BCUT2D eigenvalue weighted by Crippen LogP contribution is -2.52. The molecule has 37 heavy (non-hydrogen) atoms. The summed E-state index contributed by atoms with van der Waals surface area (Å²) in [4.78, 5) is 29.2. The first-order chi connectivity index (χ1) is 17.6. The van der Waals surface area contributed by atoms with Gasteiger partial charge in [-0.15, -0.1) is 0 Å². The topological polar surface area (TPSA) is 94.5 Å². The largest absolute Gasteiger partial charge is 0.390 e. The molecule has 5 rings (SSSR count). The van der Waals surface area contributed by atoms with Gasteiger partial charge in [-0.25, -0.2) is 14.4 Å². The van der Waals surface area contributed by atoms with Gasteiger partial charge in [0.15, 0.2) is 5.67 Å². The maximum absolute atomic E-state index is 14.7. The molecule has 196 valence electrons. The van der Waals surface area contributed by atoms with E-state index in [1.54, 1.807) is 24.1 Å². The van der Waals surface area contributed by atoms with Crippen LogP contribution in [0.15, 0.2) is 36.7 Å². The lowest BCUT2D eigenvalue weighted by atomic mass is 9.91. The zero-order valence-corrected chi connectivity index (χ0v) is 21.9. The van der Waals surface area contributed by atoms with Crippen LogP contribution in [0.4, 0.5) is 27.7 Å². The second-order valence-electron chi connectivity index (χ2n) is 11.0. The number of hydrogen-bond acceptors (Lipinski definition) is 8. The van der Waals surface area contributed by atoms with Crippen molar-refractivity contribution in [2.24, 2.45) is 5.92 Å². The Morgan fingerprint density at radius 2 is 1.97 bits per heavy atom. The fourth-order valence-corrected chi connectivity index (χ4v) is 5.41. The Bertz CT molecular complexity index is 1310. The minimum absolute atomic E-state index is 0.0378. The number of aliphatic hydroxyl groups excluding tert-OH is 1. The number of aliphatic hydroxyl groups is 1. The van der Waals surface area contributed by atoms with Gasteiger partial charge in [-0.05, 0) is 55.3 Å². The Labute approximate surface area is 216 Å². The number of carbonyl (C=O) groups excluding carboxylic acids is 1. The van der Waals surface area contributed by atoms with Crippen LogP contribution >= 0.6 is 0 Å². The molecule has 0 bridgehead atoms. The normalized spacial score (nSPS) is 22.4. The summed E-state index contributed by atoms with van der Waals surface area (Å²) in [6, 6.07) is 8.17. The summed E-state index contributed by atoms with van der Waals surface area (Å²) in [5, 5.41) is 15.5. The standard InChI is InChI=1S/C28H35FN6O2/c1-17(2)20-5-6-23(35-14-19(15-35)11-18(3)36)22-13-31-26(12-21(20)22)32-25-7-9-30-27(33-25)34-10-8-24(37)28(4,29)16-34/h5-7,9,12-13,17,19,24,37H,8,10-11,14-16H2,1-4H3,(H,30,31,32,33)/t24-,28+/m1/s1. The van der Waals surface area contributed by atoms with E-state index in [1.165, 1.54) is 12.5 Å². The van der Waals surface area contributed by atoms with Crippen molar-refractivity contribution in [3.05, 3.63) is 42.2 Å². The molecule has 2 atom stereocenters. The van der Waals surface area contributed by atoms with E-state index in [0.717, 1.165) is 29.5 Å². The highest BCUT2D eigenvalue weighted by Crippen LogP contribution is 2.37. The number of hydrogen-bond donors (Lipinski definition) is 2. The van der Waals surface area contributed by atoms with Gasteiger partial charge in [-0.1, -0.05) is 19.9 Å². The third-order valence-corrected chi connectivity index (χ3v) is 7.46. The average molecular weight is 507 g/mol. The highest BCUT2D eigenvalue weighted by atomic mass is 19.1. The van der Waals surface area contributed by atoms with Crippen LogP contribution < -0.4 is 15.1 Å². The van der Waals surface area contributed by atoms with Crippen molar-refractivity contribution in [3.8, 4) is 0 Å². The van der Waals surface area contributed by atoms with E-state index in [0.29, 0.717) is 48.8 Å². The van der Waals surface area contributed by atoms with Gasteiger partial charge in [-0.2, -0.15) is 4.98 Å². The highest BCUT2D eigenvalue weighted by molar-refractivity contribution is 5.98. The Kier molecular flexibility index (Phi) is 6.74. The molecule has 3 aromatic rings. The fourth-order valence-electron chi connectivity index (χ4n) is 5.41. The van der Waals surface area contributed by atoms with E-state index >= 15 is 0 Å². The molecule has 1 aromatic carbocycles. The van der Waals surface area contributed by atoms with Crippen LogP contribution in [0.25, 0.3) is 10.8 Å². The van der Waals surface area contributed by atoms with Crippen LogP contribution in [-0.4, -0.2) is 63.8 Å². The second-order valence-corrected chi connectivity index (χ2v) is 11.0. The van der Waals surface area contributed by atoms with Gasteiger partial charge in [0.2, 0.25) is 5.95 Å². The zero-order valence-electron chi connectivity index (χ0n) is 21.9. The van der Waals surface area contributed by atoms with Gasteiger partial charge >= 0.3 is 0 Å². The number of nitrogens with one attached hydrogen (secondary N) is 1. The van der Waals surface area contributed by atoms with E-state index in [2.05, 4.69) is 57.2 Å². The Morgan fingerprint density at radius 3 is 2.68 bits per heavy atom. The molecule has 2 N–H and O–H groups in total. The molecular weight excluding hydrogens is 471 g/mol. The third kappa shape index (κ3) is 5.23. The number of aromatic nitrogens is 3. The van der Waals surface area contributed by atoms with Crippen LogP contribution in [0.3, 0.4) is 0 Å². The quantitative estimate of drug-likeness (QED) is 0.480. The smallest absolute Gasteiger partial charge is 0.227 e. The summed E-state index contributed by atoms with van der Waals surface area (Å²) in [5.74, 6) is 2.65. The monoisotopic (exact) mass is 506 g/mol. The van der Waals surface area contributed by atoms with Gasteiger partial charge in [0.05, 0.1) is 12.6 Å². The molecule has 4 heterocycles. The second kappa shape index (κ2) is 9.85. The summed E-state index contributed by atoms with van der Waals surface area (Å²) in [6.45, 7) is 9.71. The van der Waals surface area contributed by atoms with E-state index in [-0.39, 0.29) is 12.3 Å². The van der Waals surface area contributed by atoms with Gasteiger partial charge in [0.25, 0.3) is 0 Å². The molecule has 2 fully saturated rings. The zero-order chi connectivity index (χ0) is 26.3. The number of halogens is 1. The molecule has 2 aliphatic rings. The molecule has 0 radical (unpaired) electrons. The number of nitrogens with zero attached hydrogens (tertiary/aromatic N) is 5. The van der Waals surface area contributed by atoms with Crippen molar-refractivity contribution in [1.29, 1.82) is 0 Å². The maximum Gasteiger partial charge on any atom is 0.227 e. The van der Waals surface area contributed by atoms with Crippen molar-refractivity contribution in [3.63, 3.8) is 0 Å². The van der Waals surface area contributed by atoms with Gasteiger partial charge < -0.3 is 25.0 Å². The minimum atomic E-state index is -1.71.